The molecule has 1 N–H and O–H groups in total. The monoisotopic (exact) mass is 465 g/mol. The Bertz CT molecular complexity index is 1050. The minimum atomic E-state index is -1.01. The van der Waals surface area contributed by atoms with Crippen LogP contribution in [0.15, 0.2) is 42.7 Å². The smallest absolute Gasteiger partial charge is 0.325 e. The van der Waals surface area contributed by atoms with E-state index in [1.54, 1.807) is 43.3 Å². The van der Waals surface area contributed by atoms with Crippen LogP contribution in [0.5, 0.6) is 0 Å². The van der Waals surface area contributed by atoms with Gasteiger partial charge in [0.25, 0.3) is 5.91 Å². The lowest BCUT2D eigenvalue weighted by Crippen LogP contribution is -2.43. The molecule has 1 fully saturated rings. The number of nitrogens with one attached hydrogen (secondary N) is 1. The lowest BCUT2D eigenvalue weighted by molar-refractivity contribution is -0.123. The van der Waals surface area contributed by atoms with Crippen LogP contribution in [0, 0.1) is 0 Å². The fourth-order valence-electron chi connectivity index (χ4n) is 4.13. The van der Waals surface area contributed by atoms with E-state index in [2.05, 4.69) is 10.3 Å². The molecule has 3 rings (SSSR count). The van der Waals surface area contributed by atoms with Crippen molar-refractivity contribution in [2.75, 3.05) is 29.9 Å². The molecule has 8 nitrogen and oxygen atoms in total. The van der Waals surface area contributed by atoms with Crippen molar-refractivity contribution in [3.05, 3.63) is 53.9 Å². The van der Waals surface area contributed by atoms with Crippen LogP contribution in [-0.2, 0) is 16.1 Å². The summed E-state index contributed by atoms with van der Waals surface area (Å²) in [6.07, 6.45) is 3.33. The highest BCUT2D eigenvalue weighted by atomic mass is 16.2. The Kier molecular flexibility index (Phi) is 7.71. The minimum Gasteiger partial charge on any atom is -0.325 e. The highest BCUT2D eigenvalue weighted by Gasteiger charge is 2.51. The lowest BCUT2D eigenvalue weighted by Gasteiger charge is -2.27. The van der Waals surface area contributed by atoms with E-state index in [-0.39, 0.29) is 30.3 Å². The molecule has 0 atom stereocenters. The van der Waals surface area contributed by atoms with Crippen LogP contribution >= 0.6 is 0 Å². The Balaban J connectivity index is 1.92. The Morgan fingerprint density at radius 2 is 1.74 bits per heavy atom. The van der Waals surface area contributed by atoms with Crippen molar-refractivity contribution >= 4 is 29.2 Å². The molecule has 1 saturated heterocycles. The van der Waals surface area contributed by atoms with Crippen molar-refractivity contribution in [3.8, 4) is 0 Å². The summed E-state index contributed by atoms with van der Waals surface area (Å²) in [5.41, 5.74) is 1.90. The number of hydrogen-bond donors (Lipinski definition) is 1. The second kappa shape index (κ2) is 10.3. The molecule has 1 aromatic heterocycles. The largest absolute Gasteiger partial charge is 0.332 e. The second-order valence-corrected chi connectivity index (χ2v) is 9.36. The summed E-state index contributed by atoms with van der Waals surface area (Å²) in [7, 11) is 0. The number of rotatable bonds is 9. The molecule has 1 aromatic carbocycles. The number of nitrogens with zero attached hydrogens (tertiary/aromatic N) is 4. The number of imide groups is 1. The summed E-state index contributed by atoms with van der Waals surface area (Å²) in [4.78, 5) is 48.4. The molecule has 8 heteroatoms. The highest BCUT2D eigenvalue weighted by molar-refractivity contribution is 6.23. The first kappa shape index (κ1) is 25.4. The number of likely N-dealkylation sites (N-methyl/N-ethyl adjacent to an activating group) is 1. The van der Waals surface area contributed by atoms with Crippen LogP contribution < -0.4 is 10.2 Å². The fourth-order valence-corrected chi connectivity index (χ4v) is 4.13. The van der Waals surface area contributed by atoms with Crippen LogP contribution in [0.4, 0.5) is 16.2 Å². The first-order chi connectivity index (χ1) is 16.1. The van der Waals surface area contributed by atoms with Gasteiger partial charge in [-0.1, -0.05) is 33.8 Å². The van der Waals surface area contributed by atoms with E-state index in [9.17, 15) is 14.4 Å². The zero-order valence-corrected chi connectivity index (χ0v) is 21.0. The molecule has 1 aliphatic heterocycles. The van der Waals surface area contributed by atoms with E-state index in [0.717, 1.165) is 24.2 Å². The molecule has 2 aromatic rings. The highest BCUT2D eigenvalue weighted by Crippen LogP contribution is 2.36. The average Bonchev–Trinajstić information content (AvgIpc) is 2.97. The number of benzene rings is 1. The van der Waals surface area contributed by atoms with Gasteiger partial charge in [0.05, 0.1) is 12.2 Å². The molecule has 2 heterocycles. The van der Waals surface area contributed by atoms with Gasteiger partial charge in [-0.25, -0.2) is 9.69 Å². The number of anilines is 2. The van der Waals surface area contributed by atoms with Crippen molar-refractivity contribution in [2.45, 2.75) is 59.5 Å². The number of hydrogen-bond acceptors (Lipinski definition) is 5. The zero-order chi connectivity index (χ0) is 25.0. The number of carbonyl (C=O) groups is 3. The van der Waals surface area contributed by atoms with Gasteiger partial charge in [0.2, 0.25) is 5.91 Å². The number of pyridine rings is 1. The molecular weight excluding hydrogens is 430 g/mol. The molecule has 0 aliphatic carbocycles. The Hall–Kier alpha value is -3.26. The Morgan fingerprint density at radius 1 is 1.09 bits per heavy atom. The molecule has 4 amide bonds. The predicted molar refractivity (Wildman–Crippen MR) is 134 cm³/mol. The standard InChI is InChI=1S/C26H35N5O3/c1-7-29(8-2)17-23(32)28-22-15-20(9-10-21(22)18(3)4)31-24(33)26(5,6)30(25(31)34)16-19-11-13-27-14-12-19/h9-15,18H,7-8,16-17H2,1-6H3,(H,28,32). The summed E-state index contributed by atoms with van der Waals surface area (Å²) in [6, 6.07) is 8.67. The van der Waals surface area contributed by atoms with Gasteiger partial charge in [-0.2, -0.15) is 0 Å². The first-order valence-electron chi connectivity index (χ1n) is 11.8. The van der Waals surface area contributed by atoms with Crippen molar-refractivity contribution in [1.82, 2.24) is 14.8 Å². The van der Waals surface area contributed by atoms with Crippen LogP contribution in [0.1, 0.15) is 58.6 Å². The number of aromatic nitrogens is 1. The van der Waals surface area contributed by atoms with Gasteiger partial charge < -0.3 is 10.2 Å². The quantitative estimate of drug-likeness (QED) is 0.560. The topological polar surface area (TPSA) is 85.8 Å². The van der Waals surface area contributed by atoms with Gasteiger partial charge in [-0.15, -0.1) is 0 Å². The minimum absolute atomic E-state index is 0.124. The number of carbonyl (C=O) groups excluding carboxylic acids is 3. The van der Waals surface area contributed by atoms with E-state index in [0.29, 0.717) is 17.9 Å². The Morgan fingerprint density at radius 3 is 2.32 bits per heavy atom. The molecule has 34 heavy (non-hydrogen) atoms. The second-order valence-electron chi connectivity index (χ2n) is 9.36. The van der Waals surface area contributed by atoms with Crippen LogP contribution in [0.2, 0.25) is 0 Å². The third-order valence-corrected chi connectivity index (χ3v) is 6.37. The maximum absolute atomic E-state index is 13.4. The first-order valence-corrected chi connectivity index (χ1v) is 11.8. The Labute approximate surface area is 201 Å². The number of amides is 4. The van der Waals surface area contributed by atoms with E-state index in [4.69, 9.17) is 0 Å². The predicted octanol–water partition coefficient (Wildman–Crippen LogP) is 4.23. The van der Waals surface area contributed by atoms with Crippen molar-refractivity contribution in [2.24, 2.45) is 0 Å². The van der Waals surface area contributed by atoms with Crippen molar-refractivity contribution in [3.63, 3.8) is 0 Å². The van der Waals surface area contributed by atoms with Gasteiger partial charge >= 0.3 is 6.03 Å². The summed E-state index contributed by atoms with van der Waals surface area (Å²) in [5.74, 6) is -0.270. The van der Waals surface area contributed by atoms with Crippen LogP contribution in [0.3, 0.4) is 0 Å². The fraction of sp³-hybridized carbons (Fsp3) is 0.462. The maximum atomic E-state index is 13.4. The van der Waals surface area contributed by atoms with Crippen molar-refractivity contribution in [1.29, 1.82) is 0 Å². The lowest BCUT2D eigenvalue weighted by atomic mass is 9.99. The van der Waals surface area contributed by atoms with Crippen molar-refractivity contribution < 1.29 is 14.4 Å². The third kappa shape index (κ3) is 5.12. The summed E-state index contributed by atoms with van der Waals surface area (Å²) in [6.45, 7) is 13.8. The summed E-state index contributed by atoms with van der Waals surface area (Å²) < 4.78 is 0. The SMILES string of the molecule is CCN(CC)CC(=O)Nc1cc(N2C(=O)N(Cc3ccncc3)C(C)(C)C2=O)ccc1C(C)C. The normalized spacial score (nSPS) is 15.5. The molecule has 182 valence electrons. The molecule has 0 bridgehead atoms. The molecule has 0 radical (unpaired) electrons. The maximum Gasteiger partial charge on any atom is 0.332 e. The van der Waals surface area contributed by atoms with E-state index >= 15 is 0 Å². The van der Waals surface area contributed by atoms with Gasteiger partial charge in [0.1, 0.15) is 5.54 Å². The average molecular weight is 466 g/mol. The zero-order valence-electron chi connectivity index (χ0n) is 21.0. The third-order valence-electron chi connectivity index (χ3n) is 6.37. The van der Waals surface area contributed by atoms with E-state index in [1.165, 1.54) is 4.90 Å². The number of urea groups is 1. The summed E-state index contributed by atoms with van der Waals surface area (Å²) >= 11 is 0. The van der Waals surface area contributed by atoms with Crippen LogP contribution in [-0.4, -0.2) is 57.8 Å². The molecule has 0 unspecified atom stereocenters. The van der Waals surface area contributed by atoms with E-state index in [1.807, 2.05) is 50.8 Å². The molecule has 0 spiro atoms. The van der Waals surface area contributed by atoms with Gasteiger partial charge in [-0.05, 0) is 68.2 Å². The van der Waals surface area contributed by atoms with Crippen LogP contribution in [0.25, 0.3) is 0 Å². The van der Waals surface area contributed by atoms with Gasteiger partial charge in [-0.3, -0.25) is 19.5 Å². The van der Waals surface area contributed by atoms with E-state index < -0.39 is 5.54 Å². The molecule has 0 saturated carbocycles. The summed E-state index contributed by atoms with van der Waals surface area (Å²) in [5, 5.41) is 3.01. The molecule has 1 aliphatic rings. The van der Waals surface area contributed by atoms with Gasteiger partial charge in [0.15, 0.2) is 0 Å². The molecular formula is C26H35N5O3. The van der Waals surface area contributed by atoms with Gasteiger partial charge in [0, 0.05) is 24.6 Å².